The Hall–Kier alpha value is -0.610. The number of carbonyl (C=O) groups is 1. The lowest BCUT2D eigenvalue weighted by atomic mass is 10.0. The van der Waals surface area contributed by atoms with Gasteiger partial charge in [-0.1, -0.05) is 0 Å². The first-order valence-electron chi connectivity index (χ1n) is 5.15. The molecule has 14 heavy (non-hydrogen) atoms. The van der Waals surface area contributed by atoms with Crippen molar-refractivity contribution in [1.82, 2.24) is 9.80 Å². The molecule has 1 N–H and O–H groups in total. The van der Waals surface area contributed by atoms with Gasteiger partial charge >= 0.3 is 5.97 Å². The maximum absolute atomic E-state index is 10.8. The molecule has 1 saturated heterocycles. The van der Waals surface area contributed by atoms with E-state index in [9.17, 15) is 4.79 Å². The summed E-state index contributed by atoms with van der Waals surface area (Å²) >= 11 is 0. The third-order valence-electron chi connectivity index (χ3n) is 3.23. The molecule has 0 aliphatic carbocycles. The molecule has 1 atom stereocenters. The Labute approximate surface area is 85.5 Å². The van der Waals surface area contributed by atoms with Crippen molar-refractivity contribution in [3.05, 3.63) is 0 Å². The first kappa shape index (κ1) is 11.5. The highest BCUT2D eigenvalue weighted by Gasteiger charge is 2.26. The van der Waals surface area contributed by atoms with Crippen molar-refractivity contribution in [1.29, 1.82) is 0 Å². The Morgan fingerprint density at radius 3 is 2.43 bits per heavy atom. The molecular formula is C10H20N2O2. The summed E-state index contributed by atoms with van der Waals surface area (Å²) in [6, 6.07) is 0.0562. The number of carboxylic acids is 1. The Morgan fingerprint density at radius 1 is 1.50 bits per heavy atom. The summed E-state index contributed by atoms with van der Waals surface area (Å²) in [5, 5.41) is 8.88. The predicted molar refractivity (Wildman–Crippen MR) is 55.4 cm³/mol. The van der Waals surface area contributed by atoms with Crippen molar-refractivity contribution >= 4 is 5.97 Å². The van der Waals surface area contributed by atoms with E-state index in [0.717, 1.165) is 25.9 Å². The minimum Gasteiger partial charge on any atom is -0.480 e. The standard InChI is InChI=1S/C10H20N2O2/c1-8(10(13)14)12(3)9-4-6-11(2)7-5-9/h8-9H,4-7H2,1-3H3,(H,13,14)/t8-/m1/s1. The molecule has 0 amide bonds. The van der Waals surface area contributed by atoms with Gasteiger partial charge in [-0.15, -0.1) is 0 Å². The predicted octanol–water partition coefficient (Wildman–Crippen LogP) is 0.486. The van der Waals surface area contributed by atoms with Crippen LogP contribution in [0.2, 0.25) is 0 Å². The van der Waals surface area contributed by atoms with Crippen LogP contribution in [0.25, 0.3) is 0 Å². The van der Waals surface area contributed by atoms with Crippen LogP contribution in [0.1, 0.15) is 19.8 Å². The molecule has 0 unspecified atom stereocenters. The molecule has 1 aliphatic heterocycles. The number of aliphatic carboxylic acids is 1. The summed E-state index contributed by atoms with van der Waals surface area (Å²) < 4.78 is 0. The zero-order valence-electron chi connectivity index (χ0n) is 9.23. The van der Waals surface area contributed by atoms with Gasteiger partial charge in [0.25, 0.3) is 0 Å². The second-order valence-electron chi connectivity index (χ2n) is 4.21. The van der Waals surface area contributed by atoms with E-state index in [1.807, 2.05) is 11.9 Å². The smallest absolute Gasteiger partial charge is 0.320 e. The summed E-state index contributed by atoms with van der Waals surface area (Å²) in [6.45, 7) is 3.89. The minimum atomic E-state index is -0.730. The van der Waals surface area contributed by atoms with Gasteiger partial charge in [0.15, 0.2) is 0 Å². The summed E-state index contributed by atoms with van der Waals surface area (Å²) in [5.74, 6) is -0.730. The van der Waals surface area contributed by atoms with E-state index in [1.54, 1.807) is 6.92 Å². The molecule has 0 bridgehead atoms. The van der Waals surface area contributed by atoms with Gasteiger partial charge in [0.05, 0.1) is 0 Å². The topological polar surface area (TPSA) is 43.8 Å². The van der Waals surface area contributed by atoms with Crippen molar-refractivity contribution in [3.8, 4) is 0 Å². The fourth-order valence-corrected chi connectivity index (χ4v) is 1.89. The Morgan fingerprint density at radius 2 is 2.00 bits per heavy atom. The zero-order chi connectivity index (χ0) is 10.7. The van der Waals surface area contributed by atoms with Crippen LogP contribution in [0.15, 0.2) is 0 Å². The highest BCUT2D eigenvalue weighted by molar-refractivity contribution is 5.72. The van der Waals surface area contributed by atoms with Crippen LogP contribution in [-0.4, -0.2) is 60.1 Å². The Kier molecular flexibility index (Phi) is 3.89. The molecule has 1 aliphatic rings. The number of nitrogens with zero attached hydrogens (tertiary/aromatic N) is 2. The van der Waals surface area contributed by atoms with Crippen LogP contribution >= 0.6 is 0 Å². The molecule has 0 aromatic heterocycles. The van der Waals surface area contributed by atoms with Crippen LogP contribution in [0.3, 0.4) is 0 Å². The molecular weight excluding hydrogens is 180 g/mol. The lowest BCUT2D eigenvalue weighted by Gasteiger charge is -2.36. The number of hydrogen-bond acceptors (Lipinski definition) is 3. The second kappa shape index (κ2) is 4.75. The van der Waals surface area contributed by atoms with E-state index in [-0.39, 0.29) is 6.04 Å². The molecule has 1 heterocycles. The number of hydrogen-bond donors (Lipinski definition) is 1. The molecule has 4 nitrogen and oxygen atoms in total. The van der Waals surface area contributed by atoms with Gasteiger partial charge in [-0.2, -0.15) is 0 Å². The number of rotatable bonds is 3. The van der Waals surface area contributed by atoms with Crippen LogP contribution in [0.4, 0.5) is 0 Å². The number of carboxylic acid groups (broad SMARTS) is 1. The SMILES string of the molecule is C[C@H](C(=O)O)N(C)C1CCN(C)CC1. The molecule has 0 saturated carbocycles. The van der Waals surface area contributed by atoms with Crippen LogP contribution in [0.5, 0.6) is 0 Å². The summed E-state index contributed by atoms with van der Waals surface area (Å²) in [7, 11) is 4.02. The van der Waals surface area contributed by atoms with E-state index in [1.165, 1.54) is 0 Å². The fraction of sp³-hybridized carbons (Fsp3) is 0.900. The number of likely N-dealkylation sites (tertiary alicyclic amines) is 1. The van der Waals surface area contributed by atoms with E-state index < -0.39 is 5.97 Å². The minimum absolute atomic E-state index is 0.372. The molecule has 0 radical (unpaired) electrons. The lowest BCUT2D eigenvalue weighted by Crippen LogP contribution is -2.47. The van der Waals surface area contributed by atoms with Crippen LogP contribution in [0, 0.1) is 0 Å². The number of piperidine rings is 1. The van der Waals surface area contributed by atoms with Crippen LogP contribution < -0.4 is 0 Å². The summed E-state index contributed by atoms with van der Waals surface area (Å²) in [5.41, 5.74) is 0. The first-order chi connectivity index (χ1) is 6.52. The third kappa shape index (κ3) is 2.69. The molecule has 1 rings (SSSR count). The normalized spacial score (nSPS) is 22.6. The molecule has 0 spiro atoms. The molecule has 82 valence electrons. The largest absolute Gasteiger partial charge is 0.480 e. The quantitative estimate of drug-likeness (QED) is 0.720. The van der Waals surface area contributed by atoms with Gasteiger partial charge in [0, 0.05) is 6.04 Å². The van der Waals surface area contributed by atoms with Gasteiger partial charge in [-0.25, -0.2) is 0 Å². The average molecular weight is 200 g/mol. The fourth-order valence-electron chi connectivity index (χ4n) is 1.89. The first-order valence-corrected chi connectivity index (χ1v) is 5.15. The highest BCUT2D eigenvalue weighted by atomic mass is 16.4. The van der Waals surface area contributed by atoms with E-state index in [4.69, 9.17) is 5.11 Å². The van der Waals surface area contributed by atoms with Gasteiger partial charge < -0.3 is 10.0 Å². The van der Waals surface area contributed by atoms with Gasteiger partial charge in [0.1, 0.15) is 6.04 Å². The van der Waals surface area contributed by atoms with E-state index in [2.05, 4.69) is 11.9 Å². The van der Waals surface area contributed by atoms with Crippen molar-refractivity contribution in [2.24, 2.45) is 0 Å². The Balaban J connectivity index is 2.45. The molecule has 4 heteroatoms. The van der Waals surface area contributed by atoms with Crippen molar-refractivity contribution in [3.63, 3.8) is 0 Å². The average Bonchev–Trinajstić information content (AvgIpc) is 2.16. The Bertz CT molecular complexity index is 200. The van der Waals surface area contributed by atoms with Gasteiger partial charge in [0.2, 0.25) is 0 Å². The lowest BCUT2D eigenvalue weighted by molar-refractivity contribution is -0.143. The zero-order valence-corrected chi connectivity index (χ0v) is 9.23. The van der Waals surface area contributed by atoms with Gasteiger partial charge in [-0.05, 0) is 47.0 Å². The number of likely N-dealkylation sites (N-methyl/N-ethyl adjacent to an activating group) is 1. The third-order valence-corrected chi connectivity index (χ3v) is 3.23. The van der Waals surface area contributed by atoms with Gasteiger partial charge in [-0.3, -0.25) is 9.69 Å². The van der Waals surface area contributed by atoms with Crippen molar-refractivity contribution in [2.45, 2.75) is 31.8 Å². The second-order valence-corrected chi connectivity index (χ2v) is 4.21. The van der Waals surface area contributed by atoms with Crippen LogP contribution in [-0.2, 0) is 4.79 Å². The highest BCUT2D eigenvalue weighted by Crippen LogP contribution is 2.16. The summed E-state index contributed by atoms with van der Waals surface area (Å²) in [4.78, 5) is 15.1. The monoisotopic (exact) mass is 200 g/mol. The maximum atomic E-state index is 10.8. The van der Waals surface area contributed by atoms with E-state index >= 15 is 0 Å². The van der Waals surface area contributed by atoms with E-state index in [0.29, 0.717) is 6.04 Å². The summed E-state index contributed by atoms with van der Waals surface area (Å²) in [6.07, 6.45) is 2.15. The van der Waals surface area contributed by atoms with Crippen molar-refractivity contribution in [2.75, 3.05) is 27.2 Å². The molecule has 1 fully saturated rings. The molecule has 0 aromatic rings. The van der Waals surface area contributed by atoms with Crippen molar-refractivity contribution < 1.29 is 9.90 Å². The molecule has 0 aromatic carbocycles. The maximum Gasteiger partial charge on any atom is 0.320 e.